The summed E-state index contributed by atoms with van der Waals surface area (Å²) in [6.07, 6.45) is -0.0494. The van der Waals surface area contributed by atoms with Crippen LogP contribution in [-0.2, 0) is 20.7 Å². The summed E-state index contributed by atoms with van der Waals surface area (Å²) in [5.41, 5.74) is 1.75. The van der Waals surface area contributed by atoms with Gasteiger partial charge >= 0.3 is 0 Å². The first-order valence-corrected chi connectivity index (χ1v) is 11.7. The smallest absolute Gasteiger partial charge is 0.243 e. The molecule has 0 saturated carbocycles. The van der Waals surface area contributed by atoms with Gasteiger partial charge in [0.1, 0.15) is 30.3 Å². The number of aromatic nitrogens is 4. The maximum Gasteiger partial charge on any atom is 0.243 e. The van der Waals surface area contributed by atoms with Gasteiger partial charge in [-0.25, -0.2) is 15.0 Å². The van der Waals surface area contributed by atoms with E-state index >= 15 is 0 Å². The van der Waals surface area contributed by atoms with Crippen molar-refractivity contribution in [3.63, 3.8) is 0 Å². The van der Waals surface area contributed by atoms with Crippen LogP contribution in [0.4, 0.5) is 5.82 Å². The van der Waals surface area contributed by atoms with Crippen LogP contribution in [0.5, 0.6) is 5.75 Å². The number of hydrogen-bond acceptors (Lipinski definition) is 10. The van der Waals surface area contributed by atoms with Crippen molar-refractivity contribution in [1.82, 2.24) is 30.2 Å². The highest BCUT2D eigenvalue weighted by molar-refractivity contribution is 5.87. The summed E-state index contributed by atoms with van der Waals surface area (Å²) in [5, 5.41) is 26.5. The van der Waals surface area contributed by atoms with Gasteiger partial charge in [0.25, 0.3) is 0 Å². The van der Waals surface area contributed by atoms with Crippen molar-refractivity contribution >= 4 is 28.8 Å². The van der Waals surface area contributed by atoms with E-state index in [4.69, 9.17) is 9.47 Å². The maximum atomic E-state index is 13.3. The zero-order valence-electron chi connectivity index (χ0n) is 21.0. The van der Waals surface area contributed by atoms with Gasteiger partial charge in [-0.3, -0.25) is 14.2 Å². The van der Waals surface area contributed by atoms with E-state index in [0.717, 1.165) is 5.56 Å². The number of carbonyl (C=O) groups is 2. The van der Waals surface area contributed by atoms with Gasteiger partial charge in [-0.15, -0.1) is 0 Å². The number of ether oxygens (including phenoxy) is 2. The summed E-state index contributed by atoms with van der Waals surface area (Å²) in [6.45, 7) is 0.870. The van der Waals surface area contributed by atoms with Crippen molar-refractivity contribution in [3.8, 4) is 5.75 Å². The molecular formula is C24H31N7O6. The molecule has 2 aromatic heterocycles. The molecule has 13 nitrogen and oxygen atoms in total. The number of hydrogen-bond donors (Lipinski definition) is 4. The van der Waals surface area contributed by atoms with Crippen LogP contribution in [0, 0.1) is 0 Å². The SMILES string of the molecule is COc1ccc(CC(NC(C)=O)C(=O)NC2[C@@H](O)C(n3cnc4c(N(C)C)ncnc43)O[C@@H]2CO)cc1. The predicted molar refractivity (Wildman–Crippen MR) is 133 cm³/mol. The molecule has 37 heavy (non-hydrogen) atoms. The second kappa shape index (κ2) is 11.1. The van der Waals surface area contributed by atoms with Gasteiger partial charge in [-0.05, 0) is 17.7 Å². The van der Waals surface area contributed by atoms with Gasteiger partial charge in [0, 0.05) is 27.4 Å². The molecule has 1 aliphatic heterocycles. The summed E-state index contributed by atoms with van der Waals surface area (Å²) in [7, 11) is 5.21. The third-order valence-electron chi connectivity index (χ3n) is 6.19. The highest BCUT2D eigenvalue weighted by Gasteiger charge is 2.46. The van der Waals surface area contributed by atoms with E-state index in [1.807, 2.05) is 14.1 Å². The van der Waals surface area contributed by atoms with E-state index in [9.17, 15) is 19.8 Å². The fraction of sp³-hybridized carbons (Fsp3) is 0.458. The zero-order chi connectivity index (χ0) is 26.7. The fourth-order valence-corrected chi connectivity index (χ4v) is 4.38. The predicted octanol–water partition coefficient (Wildman–Crippen LogP) is -0.616. The second-order valence-electron chi connectivity index (χ2n) is 8.99. The van der Waals surface area contributed by atoms with Crippen LogP contribution in [0.25, 0.3) is 11.2 Å². The molecule has 3 unspecified atom stereocenters. The number of benzene rings is 1. The number of methoxy groups -OCH3 is 1. The molecule has 3 heterocycles. The molecule has 1 fully saturated rings. The van der Waals surface area contributed by atoms with Gasteiger partial charge in [0.05, 0.1) is 26.1 Å². The molecule has 0 spiro atoms. The minimum atomic E-state index is -1.24. The Bertz CT molecular complexity index is 1250. The molecule has 3 aromatic rings. The Labute approximate surface area is 213 Å². The van der Waals surface area contributed by atoms with Crippen molar-refractivity contribution < 1.29 is 29.3 Å². The number of anilines is 1. The lowest BCUT2D eigenvalue weighted by molar-refractivity contribution is -0.129. The normalized spacial score (nSPS) is 22.0. The van der Waals surface area contributed by atoms with Crippen molar-refractivity contribution in [2.24, 2.45) is 0 Å². The first kappa shape index (κ1) is 26.3. The number of aliphatic hydroxyl groups is 2. The van der Waals surface area contributed by atoms with Crippen LogP contribution >= 0.6 is 0 Å². The van der Waals surface area contributed by atoms with Gasteiger partial charge in [0.15, 0.2) is 23.2 Å². The third-order valence-corrected chi connectivity index (χ3v) is 6.19. The lowest BCUT2D eigenvalue weighted by Gasteiger charge is -2.24. The lowest BCUT2D eigenvalue weighted by Crippen LogP contribution is -2.55. The van der Waals surface area contributed by atoms with Crippen LogP contribution in [0.2, 0.25) is 0 Å². The number of fused-ring (bicyclic) bond motifs is 1. The summed E-state index contributed by atoms with van der Waals surface area (Å²) in [6, 6.07) is 5.26. The quantitative estimate of drug-likeness (QED) is 0.290. The lowest BCUT2D eigenvalue weighted by atomic mass is 10.0. The summed E-state index contributed by atoms with van der Waals surface area (Å²) in [4.78, 5) is 39.8. The zero-order valence-corrected chi connectivity index (χ0v) is 21.0. The van der Waals surface area contributed by atoms with Crippen LogP contribution in [0.3, 0.4) is 0 Å². The van der Waals surface area contributed by atoms with Gasteiger partial charge in [-0.1, -0.05) is 12.1 Å². The minimum Gasteiger partial charge on any atom is -0.497 e. The number of aliphatic hydroxyl groups excluding tert-OH is 2. The second-order valence-corrected chi connectivity index (χ2v) is 8.99. The minimum absolute atomic E-state index is 0.211. The van der Waals surface area contributed by atoms with E-state index in [0.29, 0.717) is 22.7 Å². The van der Waals surface area contributed by atoms with Crippen LogP contribution in [0.15, 0.2) is 36.9 Å². The largest absolute Gasteiger partial charge is 0.497 e. The molecule has 0 aliphatic carbocycles. The van der Waals surface area contributed by atoms with E-state index in [2.05, 4.69) is 25.6 Å². The van der Waals surface area contributed by atoms with Gasteiger partial charge in [0.2, 0.25) is 11.8 Å². The fourth-order valence-electron chi connectivity index (χ4n) is 4.38. The number of nitrogens with one attached hydrogen (secondary N) is 2. The molecule has 1 aliphatic rings. The Kier molecular flexibility index (Phi) is 7.86. The Hall–Kier alpha value is -3.81. The number of carbonyl (C=O) groups excluding carboxylic acids is 2. The number of nitrogens with zero attached hydrogens (tertiary/aromatic N) is 5. The summed E-state index contributed by atoms with van der Waals surface area (Å²) in [5.74, 6) is 0.360. The Morgan fingerprint density at radius 1 is 1.22 bits per heavy atom. The van der Waals surface area contributed by atoms with Crippen LogP contribution < -0.4 is 20.3 Å². The molecule has 1 saturated heterocycles. The van der Waals surface area contributed by atoms with Crippen LogP contribution in [0.1, 0.15) is 18.7 Å². The summed E-state index contributed by atoms with van der Waals surface area (Å²) < 4.78 is 12.6. The van der Waals surface area contributed by atoms with Crippen molar-refractivity contribution in [1.29, 1.82) is 0 Å². The van der Waals surface area contributed by atoms with Crippen molar-refractivity contribution in [2.45, 2.75) is 43.9 Å². The van der Waals surface area contributed by atoms with Crippen molar-refractivity contribution in [2.75, 3.05) is 32.7 Å². The molecule has 198 valence electrons. The molecule has 0 bridgehead atoms. The van der Waals surface area contributed by atoms with E-state index < -0.39 is 43.0 Å². The molecule has 4 rings (SSSR count). The molecule has 0 radical (unpaired) electrons. The Morgan fingerprint density at radius 2 is 1.95 bits per heavy atom. The number of imidazole rings is 1. The van der Waals surface area contributed by atoms with Gasteiger partial charge < -0.3 is 35.2 Å². The molecular weight excluding hydrogens is 482 g/mol. The standard InChI is InChI=1S/C24H31N7O6/c1-13(33)28-16(9-14-5-7-15(36-4)8-6-14)23(35)29-18-17(10-32)37-24(20(18)34)31-12-27-19-21(30(2)3)25-11-26-22(19)31/h5-8,11-12,16-18,20,24,32,34H,9-10H2,1-4H3,(H,28,33)(H,29,35)/t16?,17-,18?,20-,24?/m1/s1. The molecule has 4 N–H and O–H groups in total. The topological polar surface area (TPSA) is 164 Å². The first-order chi connectivity index (χ1) is 17.7. The van der Waals surface area contributed by atoms with E-state index in [1.165, 1.54) is 19.6 Å². The number of amides is 2. The highest BCUT2D eigenvalue weighted by Crippen LogP contribution is 2.32. The monoisotopic (exact) mass is 513 g/mol. The first-order valence-electron chi connectivity index (χ1n) is 11.7. The molecule has 1 aromatic carbocycles. The molecule has 2 amide bonds. The molecule has 5 atom stereocenters. The summed E-state index contributed by atoms with van der Waals surface area (Å²) >= 11 is 0. The average Bonchev–Trinajstić information content (AvgIpc) is 3.44. The maximum absolute atomic E-state index is 13.3. The molecule has 13 heteroatoms. The van der Waals surface area contributed by atoms with Crippen molar-refractivity contribution in [3.05, 3.63) is 42.5 Å². The van der Waals surface area contributed by atoms with Crippen LogP contribution in [-0.4, -0.2) is 93.7 Å². The van der Waals surface area contributed by atoms with E-state index in [-0.39, 0.29) is 12.3 Å². The van der Waals surface area contributed by atoms with E-state index in [1.54, 1.807) is 40.8 Å². The van der Waals surface area contributed by atoms with Gasteiger partial charge in [-0.2, -0.15) is 0 Å². The average molecular weight is 514 g/mol. The number of rotatable bonds is 9. The third kappa shape index (κ3) is 5.48. The Balaban J connectivity index is 1.54. The Morgan fingerprint density at radius 3 is 2.57 bits per heavy atom. The highest BCUT2D eigenvalue weighted by atomic mass is 16.5.